The van der Waals surface area contributed by atoms with E-state index in [4.69, 9.17) is 11.6 Å². The first-order valence-corrected chi connectivity index (χ1v) is 7.25. The van der Waals surface area contributed by atoms with Crippen LogP contribution in [0.3, 0.4) is 0 Å². The molecular weight excluding hydrogens is 296 g/mol. The maximum Gasteiger partial charge on any atom is 0.0991 e. The Morgan fingerprint density at radius 1 is 1.09 bits per heavy atom. The van der Waals surface area contributed by atoms with Crippen LogP contribution in [0.4, 0.5) is 5.69 Å². The molecule has 0 aliphatic carbocycles. The predicted octanol–water partition coefficient (Wildman–Crippen LogP) is 4.36. The number of hydrazone groups is 1. The van der Waals surface area contributed by atoms with E-state index >= 15 is 0 Å². The summed E-state index contributed by atoms with van der Waals surface area (Å²) in [5.74, 6) is 0. The number of hydrogen-bond acceptors (Lipinski definition) is 3. The molecule has 0 fully saturated rings. The van der Waals surface area contributed by atoms with E-state index < -0.39 is 0 Å². The van der Waals surface area contributed by atoms with Gasteiger partial charge in [-0.05, 0) is 48.9 Å². The van der Waals surface area contributed by atoms with Crippen molar-refractivity contribution in [1.29, 1.82) is 0 Å². The van der Waals surface area contributed by atoms with Crippen molar-refractivity contribution < 1.29 is 0 Å². The SMILES string of the molecule is C/C(=N/Nc1ccc(Cl)cc1)c1ccc(-n2ccnc2)cc1. The molecule has 5 heteroatoms. The standard InChI is InChI=1S/C17H15ClN4/c1-13(20-21-16-6-4-15(18)5-7-16)14-2-8-17(9-3-14)22-11-10-19-12-22/h2-12,21H,1H3/b20-13-. The van der Waals surface area contributed by atoms with E-state index in [-0.39, 0.29) is 0 Å². The summed E-state index contributed by atoms with van der Waals surface area (Å²) in [4.78, 5) is 4.05. The molecular formula is C17H15ClN4. The number of rotatable bonds is 4. The molecule has 3 rings (SSSR count). The Morgan fingerprint density at radius 3 is 2.45 bits per heavy atom. The monoisotopic (exact) mass is 310 g/mol. The Labute approximate surface area is 134 Å². The van der Waals surface area contributed by atoms with Crippen LogP contribution in [0.25, 0.3) is 5.69 Å². The maximum atomic E-state index is 5.86. The van der Waals surface area contributed by atoms with Crippen LogP contribution < -0.4 is 5.43 Å². The summed E-state index contributed by atoms with van der Waals surface area (Å²) in [6.45, 7) is 1.97. The van der Waals surface area contributed by atoms with Crippen LogP contribution in [0, 0.1) is 0 Å². The summed E-state index contributed by atoms with van der Waals surface area (Å²) in [7, 11) is 0. The van der Waals surface area contributed by atoms with Gasteiger partial charge in [-0.1, -0.05) is 23.7 Å². The van der Waals surface area contributed by atoms with Crippen LogP contribution in [0.15, 0.2) is 72.4 Å². The highest BCUT2D eigenvalue weighted by molar-refractivity contribution is 6.30. The fraction of sp³-hybridized carbons (Fsp3) is 0.0588. The van der Waals surface area contributed by atoms with E-state index in [1.807, 2.05) is 66.2 Å². The highest BCUT2D eigenvalue weighted by Gasteiger charge is 2.00. The molecule has 0 atom stereocenters. The van der Waals surface area contributed by atoms with E-state index in [1.54, 1.807) is 12.5 Å². The van der Waals surface area contributed by atoms with Gasteiger partial charge in [-0.25, -0.2) is 4.98 Å². The van der Waals surface area contributed by atoms with Crippen LogP contribution in [0.1, 0.15) is 12.5 Å². The lowest BCUT2D eigenvalue weighted by Gasteiger charge is -2.06. The Hall–Kier alpha value is -2.59. The molecule has 0 amide bonds. The second-order valence-electron chi connectivity index (χ2n) is 4.83. The molecule has 2 aromatic carbocycles. The highest BCUT2D eigenvalue weighted by atomic mass is 35.5. The number of imidazole rings is 1. The zero-order valence-electron chi connectivity index (χ0n) is 12.1. The molecule has 22 heavy (non-hydrogen) atoms. The van der Waals surface area contributed by atoms with Crippen molar-refractivity contribution in [3.05, 3.63) is 77.8 Å². The first kappa shape index (κ1) is 14.4. The van der Waals surface area contributed by atoms with Gasteiger partial charge in [0.25, 0.3) is 0 Å². The third-order valence-electron chi connectivity index (χ3n) is 3.28. The van der Waals surface area contributed by atoms with Crippen molar-refractivity contribution in [3.8, 4) is 5.69 Å². The molecule has 0 unspecified atom stereocenters. The predicted molar refractivity (Wildman–Crippen MR) is 90.8 cm³/mol. The van der Waals surface area contributed by atoms with Gasteiger partial charge in [-0.15, -0.1) is 0 Å². The number of nitrogens with one attached hydrogen (secondary N) is 1. The topological polar surface area (TPSA) is 42.2 Å². The van der Waals surface area contributed by atoms with Gasteiger partial charge >= 0.3 is 0 Å². The van der Waals surface area contributed by atoms with Crippen LogP contribution in [0.5, 0.6) is 0 Å². The fourth-order valence-electron chi connectivity index (χ4n) is 2.02. The zero-order chi connectivity index (χ0) is 15.4. The van der Waals surface area contributed by atoms with Gasteiger partial charge in [0.15, 0.2) is 0 Å². The lowest BCUT2D eigenvalue weighted by molar-refractivity contribution is 1.06. The lowest BCUT2D eigenvalue weighted by atomic mass is 10.1. The average molecular weight is 311 g/mol. The van der Waals surface area contributed by atoms with Crippen LogP contribution in [-0.2, 0) is 0 Å². The van der Waals surface area contributed by atoms with Gasteiger partial charge in [0.05, 0.1) is 17.7 Å². The Balaban J connectivity index is 1.72. The number of aromatic nitrogens is 2. The smallest absolute Gasteiger partial charge is 0.0991 e. The number of nitrogens with zero attached hydrogens (tertiary/aromatic N) is 3. The summed E-state index contributed by atoms with van der Waals surface area (Å²) in [6.07, 6.45) is 5.45. The minimum atomic E-state index is 0.710. The molecule has 0 saturated heterocycles. The van der Waals surface area contributed by atoms with Crippen LogP contribution >= 0.6 is 11.6 Å². The second kappa shape index (κ2) is 6.45. The van der Waals surface area contributed by atoms with E-state index in [0.29, 0.717) is 5.02 Å². The fourth-order valence-corrected chi connectivity index (χ4v) is 2.15. The molecule has 4 nitrogen and oxygen atoms in total. The van der Waals surface area contributed by atoms with Gasteiger partial charge in [-0.3, -0.25) is 5.43 Å². The third kappa shape index (κ3) is 3.35. The summed E-state index contributed by atoms with van der Waals surface area (Å²) in [5, 5.41) is 5.10. The Kier molecular flexibility index (Phi) is 4.21. The lowest BCUT2D eigenvalue weighted by Crippen LogP contribution is -2.00. The van der Waals surface area contributed by atoms with Crippen LogP contribution in [0.2, 0.25) is 5.02 Å². The van der Waals surface area contributed by atoms with Crippen molar-refractivity contribution >= 4 is 23.0 Å². The second-order valence-corrected chi connectivity index (χ2v) is 5.27. The molecule has 0 saturated carbocycles. The molecule has 0 bridgehead atoms. The molecule has 0 aliphatic heterocycles. The minimum Gasteiger partial charge on any atom is -0.306 e. The van der Waals surface area contributed by atoms with Crippen molar-refractivity contribution in [2.75, 3.05) is 5.43 Å². The van der Waals surface area contributed by atoms with Crippen LogP contribution in [-0.4, -0.2) is 15.3 Å². The van der Waals surface area contributed by atoms with E-state index in [1.165, 1.54) is 0 Å². The highest BCUT2D eigenvalue weighted by Crippen LogP contribution is 2.14. The molecule has 110 valence electrons. The molecule has 3 aromatic rings. The van der Waals surface area contributed by atoms with Crippen molar-refractivity contribution in [2.45, 2.75) is 6.92 Å². The average Bonchev–Trinajstić information content (AvgIpc) is 3.09. The van der Waals surface area contributed by atoms with E-state index in [9.17, 15) is 0 Å². The molecule has 1 N–H and O–H groups in total. The number of halogens is 1. The van der Waals surface area contributed by atoms with Gasteiger partial charge < -0.3 is 4.57 Å². The Bertz CT molecular complexity index is 759. The number of hydrogen-bond donors (Lipinski definition) is 1. The maximum absolute atomic E-state index is 5.86. The summed E-state index contributed by atoms with van der Waals surface area (Å²) >= 11 is 5.86. The third-order valence-corrected chi connectivity index (χ3v) is 3.54. The summed E-state index contributed by atoms with van der Waals surface area (Å²) < 4.78 is 1.96. The van der Waals surface area contributed by atoms with Crippen molar-refractivity contribution in [2.24, 2.45) is 5.10 Å². The molecule has 1 aromatic heterocycles. The first-order chi connectivity index (χ1) is 10.7. The molecule has 0 aliphatic rings. The minimum absolute atomic E-state index is 0.710. The largest absolute Gasteiger partial charge is 0.306 e. The molecule has 0 spiro atoms. The normalized spacial score (nSPS) is 11.5. The van der Waals surface area contributed by atoms with E-state index in [2.05, 4.69) is 15.5 Å². The van der Waals surface area contributed by atoms with Gasteiger partial charge in [0.2, 0.25) is 0 Å². The molecule has 1 heterocycles. The van der Waals surface area contributed by atoms with Gasteiger partial charge in [0.1, 0.15) is 0 Å². The quantitative estimate of drug-likeness (QED) is 0.574. The number of benzene rings is 2. The van der Waals surface area contributed by atoms with Gasteiger partial charge in [-0.2, -0.15) is 5.10 Å². The molecule has 0 radical (unpaired) electrons. The van der Waals surface area contributed by atoms with E-state index in [0.717, 1.165) is 22.6 Å². The summed E-state index contributed by atoms with van der Waals surface area (Å²) in [5.41, 5.74) is 6.97. The number of anilines is 1. The first-order valence-electron chi connectivity index (χ1n) is 6.87. The Morgan fingerprint density at radius 2 is 1.82 bits per heavy atom. The zero-order valence-corrected chi connectivity index (χ0v) is 12.8. The van der Waals surface area contributed by atoms with Crippen molar-refractivity contribution in [1.82, 2.24) is 9.55 Å². The van der Waals surface area contributed by atoms with Crippen molar-refractivity contribution in [3.63, 3.8) is 0 Å². The summed E-state index contributed by atoms with van der Waals surface area (Å²) in [6, 6.07) is 15.6. The van der Waals surface area contributed by atoms with Gasteiger partial charge in [0, 0.05) is 23.1 Å².